The predicted octanol–water partition coefficient (Wildman–Crippen LogP) is 4.20. The Morgan fingerprint density at radius 2 is 1.67 bits per heavy atom. The largest absolute Gasteiger partial charge is 0.340 e. The number of para-hydroxylation sites is 2. The molecule has 2 heterocycles. The number of halogens is 2. The smallest absolute Gasteiger partial charge is 0.321 e. The first-order chi connectivity index (χ1) is 11.5. The molecule has 0 spiro atoms. The number of aromatic nitrogens is 1. The second-order valence-corrected chi connectivity index (χ2v) is 6.25. The number of carbonyl (C=O) groups excluding carboxylic acids is 2. The van der Waals surface area contributed by atoms with Gasteiger partial charge in [0, 0.05) is 13.1 Å². The highest BCUT2D eigenvalue weighted by molar-refractivity contribution is 6.41. The van der Waals surface area contributed by atoms with Crippen molar-refractivity contribution in [1.29, 1.82) is 0 Å². The Morgan fingerprint density at radius 3 is 2.25 bits per heavy atom. The van der Waals surface area contributed by atoms with E-state index in [4.69, 9.17) is 23.2 Å². The van der Waals surface area contributed by atoms with Crippen molar-refractivity contribution in [2.24, 2.45) is 0 Å². The second kappa shape index (κ2) is 7.15. The van der Waals surface area contributed by atoms with E-state index in [1.54, 1.807) is 29.2 Å². The van der Waals surface area contributed by atoms with E-state index >= 15 is 0 Å². The number of urea groups is 1. The first-order valence-corrected chi connectivity index (χ1v) is 8.30. The lowest BCUT2D eigenvalue weighted by Gasteiger charge is -2.18. The molecule has 1 saturated heterocycles. The average molecular weight is 367 g/mol. The molecular formula is C16H16Cl2N4O2. The number of rotatable bonds is 3. The number of anilines is 2. The third-order valence-electron chi connectivity index (χ3n) is 3.78. The van der Waals surface area contributed by atoms with Crippen molar-refractivity contribution in [3.8, 4) is 0 Å². The molecule has 0 unspecified atom stereocenters. The minimum atomic E-state index is -0.397. The zero-order chi connectivity index (χ0) is 17.1. The number of likely N-dealkylation sites (tertiary alicyclic amines) is 1. The summed E-state index contributed by atoms with van der Waals surface area (Å²) in [6.45, 7) is 1.50. The molecule has 126 valence electrons. The number of hydrogen-bond acceptors (Lipinski definition) is 2. The number of nitrogens with one attached hydrogen (secondary N) is 3. The fourth-order valence-electron chi connectivity index (χ4n) is 2.53. The van der Waals surface area contributed by atoms with Gasteiger partial charge in [0.05, 0.1) is 16.4 Å². The van der Waals surface area contributed by atoms with Gasteiger partial charge in [-0.05, 0) is 31.0 Å². The normalized spacial score (nSPS) is 13.8. The molecule has 0 saturated carbocycles. The highest BCUT2D eigenvalue weighted by Gasteiger charge is 2.19. The van der Waals surface area contributed by atoms with Crippen LogP contribution in [-0.2, 0) is 0 Å². The van der Waals surface area contributed by atoms with E-state index in [1.165, 1.54) is 6.07 Å². The molecule has 1 fully saturated rings. The Kier molecular flexibility index (Phi) is 4.97. The molecule has 0 atom stereocenters. The Balaban J connectivity index is 1.73. The van der Waals surface area contributed by atoms with Gasteiger partial charge >= 0.3 is 6.03 Å². The minimum absolute atomic E-state index is 0.167. The summed E-state index contributed by atoms with van der Waals surface area (Å²) in [5.41, 5.74) is 1.27. The molecule has 3 amide bonds. The first kappa shape index (κ1) is 16.7. The molecule has 2 aromatic rings. The highest BCUT2D eigenvalue weighted by atomic mass is 35.5. The Morgan fingerprint density at radius 1 is 1.04 bits per heavy atom. The predicted molar refractivity (Wildman–Crippen MR) is 95.0 cm³/mol. The van der Waals surface area contributed by atoms with Gasteiger partial charge in [-0.2, -0.15) is 0 Å². The van der Waals surface area contributed by atoms with Gasteiger partial charge in [0.2, 0.25) is 0 Å². The van der Waals surface area contributed by atoms with Gasteiger partial charge in [-0.25, -0.2) is 4.79 Å². The molecule has 24 heavy (non-hydrogen) atoms. The minimum Gasteiger partial charge on any atom is -0.340 e. The van der Waals surface area contributed by atoms with Crippen LogP contribution in [0.25, 0.3) is 0 Å². The van der Waals surface area contributed by atoms with Crippen molar-refractivity contribution in [2.75, 3.05) is 23.7 Å². The van der Waals surface area contributed by atoms with Crippen molar-refractivity contribution in [3.05, 3.63) is 46.2 Å². The molecule has 3 rings (SSSR count). The molecule has 0 bridgehead atoms. The number of carbonyl (C=O) groups is 2. The van der Waals surface area contributed by atoms with Crippen molar-refractivity contribution in [3.63, 3.8) is 0 Å². The number of benzene rings is 1. The Hall–Kier alpha value is -2.18. The van der Waals surface area contributed by atoms with E-state index in [0.29, 0.717) is 11.4 Å². The molecule has 1 aliphatic heterocycles. The quantitative estimate of drug-likeness (QED) is 0.760. The van der Waals surface area contributed by atoms with Gasteiger partial charge < -0.3 is 20.5 Å². The molecule has 3 N–H and O–H groups in total. The fourth-order valence-corrected chi connectivity index (χ4v) is 2.84. The third kappa shape index (κ3) is 3.66. The summed E-state index contributed by atoms with van der Waals surface area (Å²) in [7, 11) is 0. The van der Waals surface area contributed by atoms with E-state index in [-0.39, 0.29) is 21.9 Å². The van der Waals surface area contributed by atoms with Crippen LogP contribution in [0.4, 0.5) is 16.2 Å². The SMILES string of the molecule is O=C(Nc1ccccc1NC(=O)N1CCCC1)c1cc(Cl)c(Cl)[nH]1. The van der Waals surface area contributed by atoms with Crippen LogP contribution < -0.4 is 10.6 Å². The van der Waals surface area contributed by atoms with Gasteiger partial charge in [0.15, 0.2) is 0 Å². The van der Waals surface area contributed by atoms with E-state index in [2.05, 4.69) is 15.6 Å². The van der Waals surface area contributed by atoms with Crippen LogP contribution in [0.2, 0.25) is 10.2 Å². The summed E-state index contributed by atoms with van der Waals surface area (Å²) >= 11 is 11.7. The van der Waals surface area contributed by atoms with Crippen LogP contribution in [0.5, 0.6) is 0 Å². The summed E-state index contributed by atoms with van der Waals surface area (Å²) in [5.74, 6) is -0.397. The lowest BCUT2D eigenvalue weighted by Crippen LogP contribution is -2.32. The maximum atomic E-state index is 12.3. The van der Waals surface area contributed by atoms with Crippen LogP contribution in [0.1, 0.15) is 23.3 Å². The van der Waals surface area contributed by atoms with Crippen LogP contribution in [0.3, 0.4) is 0 Å². The molecule has 0 radical (unpaired) electrons. The molecule has 0 aliphatic carbocycles. The van der Waals surface area contributed by atoms with Gasteiger partial charge in [-0.3, -0.25) is 4.79 Å². The standard InChI is InChI=1S/C16H16Cl2N4O2/c17-10-9-13(19-14(10)18)15(23)20-11-5-1-2-6-12(11)21-16(24)22-7-3-4-8-22/h1-2,5-6,9,19H,3-4,7-8H2,(H,20,23)(H,21,24). The molecule has 1 aromatic carbocycles. The van der Waals surface area contributed by atoms with Gasteiger partial charge in [-0.1, -0.05) is 35.3 Å². The van der Waals surface area contributed by atoms with E-state index < -0.39 is 5.91 Å². The molecule has 1 aromatic heterocycles. The average Bonchev–Trinajstić information content (AvgIpc) is 3.20. The van der Waals surface area contributed by atoms with Gasteiger partial charge in [-0.15, -0.1) is 0 Å². The maximum Gasteiger partial charge on any atom is 0.321 e. The monoisotopic (exact) mass is 366 g/mol. The Labute approximate surface area is 149 Å². The van der Waals surface area contributed by atoms with Crippen LogP contribution in [0, 0.1) is 0 Å². The number of nitrogens with zero attached hydrogens (tertiary/aromatic N) is 1. The number of H-pyrrole nitrogens is 1. The van der Waals surface area contributed by atoms with E-state index in [1.807, 2.05) is 0 Å². The molecular weight excluding hydrogens is 351 g/mol. The Bertz CT molecular complexity index is 750. The van der Waals surface area contributed by atoms with Crippen LogP contribution in [0.15, 0.2) is 30.3 Å². The lowest BCUT2D eigenvalue weighted by molar-refractivity contribution is 0.102. The summed E-state index contributed by atoms with van der Waals surface area (Å²) in [5, 5.41) is 6.06. The zero-order valence-electron chi connectivity index (χ0n) is 12.7. The van der Waals surface area contributed by atoms with Crippen LogP contribution in [-0.4, -0.2) is 34.9 Å². The molecule has 8 heteroatoms. The maximum absolute atomic E-state index is 12.3. The number of hydrogen-bond donors (Lipinski definition) is 3. The molecule has 6 nitrogen and oxygen atoms in total. The zero-order valence-corrected chi connectivity index (χ0v) is 14.2. The fraction of sp³-hybridized carbons (Fsp3) is 0.250. The third-order valence-corrected chi connectivity index (χ3v) is 4.47. The summed E-state index contributed by atoms with van der Waals surface area (Å²) in [6, 6.07) is 8.29. The highest BCUT2D eigenvalue weighted by Crippen LogP contribution is 2.25. The topological polar surface area (TPSA) is 77.2 Å². The molecule has 1 aliphatic rings. The first-order valence-electron chi connectivity index (χ1n) is 7.55. The van der Waals surface area contributed by atoms with E-state index in [0.717, 1.165) is 25.9 Å². The van der Waals surface area contributed by atoms with Crippen molar-refractivity contribution in [1.82, 2.24) is 9.88 Å². The van der Waals surface area contributed by atoms with Crippen molar-refractivity contribution < 1.29 is 9.59 Å². The lowest BCUT2D eigenvalue weighted by atomic mass is 10.2. The van der Waals surface area contributed by atoms with E-state index in [9.17, 15) is 9.59 Å². The van der Waals surface area contributed by atoms with Crippen LogP contribution >= 0.6 is 23.2 Å². The summed E-state index contributed by atoms with van der Waals surface area (Å²) in [6.07, 6.45) is 2.03. The van der Waals surface area contributed by atoms with Gasteiger partial charge in [0.1, 0.15) is 10.8 Å². The second-order valence-electron chi connectivity index (χ2n) is 5.47. The number of amides is 3. The number of aromatic amines is 1. The van der Waals surface area contributed by atoms with Crippen molar-refractivity contribution >= 4 is 46.5 Å². The summed E-state index contributed by atoms with van der Waals surface area (Å²) in [4.78, 5) is 29.0. The summed E-state index contributed by atoms with van der Waals surface area (Å²) < 4.78 is 0. The van der Waals surface area contributed by atoms with Crippen molar-refractivity contribution in [2.45, 2.75) is 12.8 Å². The van der Waals surface area contributed by atoms with Gasteiger partial charge in [0.25, 0.3) is 5.91 Å².